The van der Waals surface area contributed by atoms with Gasteiger partial charge in [0, 0.05) is 14.2 Å². The predicted octanol–water partition coefficient (Wildman–Crippen LogP) is 1.93. The minimum Gasteiger partial charge on any atom is -0.382 e. The fraction of sp³-hybridized carbons (Fsp3) is 1.00. The number of primary sulfonamides is 1. The van der Waals surface area contributed by atoms with E-state index in [1.165, 1.54) is 19.3 Å². The second-order valence-corrected chi connectivity index (χ2v) is 6.47. The van der Waals surface area contributed by atoms with Crippen molar-refractivity contribution in [3.8, 4) is 0 Å². The van der Waals surface area contributed by atoms with Gasteiger partial charge < -0.3 is 14.2 Å². The average Bonchev–Trinajstić information content (AvgIpc) is 2.42. The molecule has 0 radical (unpaired) electrons. The minimum atomic E-state index is -3.22. The first kappa shape index (κ1) is 23.1. The van der Waals surface area contributed by atoms with Gasteiger partial charge in [0.1, 0.15) is 0 Å². The lowest BCUT2D eigenvalue weighted by atomic mass is 10.1. The Labute approximate surface area is 130 Å². The molecule has 0 aliphatic heterocycles. The summed E-state index contributed by atoms with van der Waals surface area (Å²) in [4.78, 5) is 0. The van der Waals surface area contributed by atoms with Crippen LogP contribution in [0, 0.1) is 0 Å². The van der Waals surface area contributed by atoms with Crippen molar-refractivity contribution in [2.24, 2.45) is 5.14 Å². The van der Waals surface area contributed by atoms with E-state index in [4.69, 9.17) is 19.3 Å². The Morgan fingerprint density at radius 1 is 0.810 bits per heavy atom. The zero-order chi connectivity index (χ0) is 16.4. The van der Waals surface area contributed by atoms with Crippen LogP contribution in [0.15, 0.2) is 0 Å². The van der Waals surface area contributed by atoms with Crippen molar-refractivity contribution in [3.63, 3.8) is 0 Å². The van der Waals surface area contributed by atoms with Crippen molar-refractivity contribution >= 4 is 10.0 Å². The van der Waals surface area contributed by atoms with Gasteiger partial charge in [-0.3, -0.25) is 0 Å². The number of sulfonamides is 1. The van der Waals surface area contributed by atoms with E-state index in [9.17, 15) is 8.42 Å². The van der Waals surface area contributed by atoms with Gasteiger partial charge in [-0.05, 0) is 6.42 Å². The Morgan fingerprint density at radius 2 is 1.29 bits per heavy atom. The molecular formula is C14H33NO5S. The Bertz CT molecular complexity index is 277. The van der Waals surface area contributed by atoms with Crippen LogP contribution in [0.4, 0.5) is 0 Å². The van der Waals surface area contributed by atoms with E-state index >= 15 is 0 Å². The highest BCUT2D eigenvalue weighted by atomic mass is 32.2. The van der Waals surface area contributed by atoms with Gasteiger partial charge in [0.05, 0.1) is 32.2 Å². The molecule has 6 nitrogen and oxygen atoms in total. The maximum Gasteiger partial charge on any atom is 0.209 e. The molecule has 2 N–H and O–H groups in total. The Kier molecular flexibility index (Phi) is 19.6. The molecule has 0 aliphatic carbocycles. The number of rotatable bonds is 13. The maximum absolute atomic E-state index is 10.5. The van der Waals surface area contributed by atoms with Gasteiger partial charge in [-0.15, -0.1) is 0 Å². The zero-order valence-corrected chi connectivity index (χ0v) is 14.6. The summed E-state index contributed by atoms with van der Waals surface area (Å²) in [5, 5.41) is 4.85. The molecule has 0 aromatic heterocycles. The number of hydrogen-bond donors (Lipinski definition) is 1. The first-order valence-corrected chi connectivity index (χ1v) is 9.25. The lowest BCUT2D eigenvalue weighted by Gasteiger charge is -2.00. The van der Waals surface area contributed by atoms with E-state index in [-0.39, 0.29) is 5.75 Å². The van der Waals surface area contributed by atoms with Crippen LogP contribution in [0.1, 0.15) is 45.4 Å². The topological polar surface area (TPSA) is 87.9 Å². The third-order valence-corrected chi connectivity index (χ3v) is 3.50. The van der Waals surface area contributed by atoms with Gasteiger partial charge >= 0.3 is 0 Å². The van der Waals surface area contributed by atoms with Gasteiger partial charge in [-0.1, -0.05) is 39.0 Å². The zero-order valence-electron chi connectivity index (χ0n) is 13.8. The van der Waals surface area contributed by atoms with Crippen LogP contribution in [0.25, 0.3) is 0 Å². The van der Waals surface area contributed by atoms with Crippen molar-refractivity contribution in [2.45, 2.75) is 45.4 Å². The minimum absolute atomic E-state index is 0.138. The summed E-state index contributed by atoms with van der Waals surface area (Å²) in [5.74, 6) is 0.138. The van der Waals surface area contributed by atoms with Crippen LogP contribution in [0.2, 0.25) is 0 Å². The maximum atomic E-state index is 10.5. The molecule has 0 fully saturated rings. The monoisotopic (exact) mass is 327 g/mol. The third-order valence-electron chi connectivity index (χ3n) is 2.65. The summed E-state index contributed by atoms with van der Waals surface area (Å²) >= 11 is 0. The summed E-state index contributed by atoms with van der Waals surface area (Å²) in [6.07, 6.45) is 6.49. The third kappa shape index (κ3) is 28.6. The molecule has 0 spiro atoms. The van der Waals surface area contributed by atoms with Gasteiger partial charge in [-0.2, -0.15) is 0 Å². The number of hydrogen-bond acceptors (Lipinski definition) is 5. The van der Waals surface area contributed by atoms with Crippen LogP contribution in [0.5, 0.6) is 0 Å². The molecule has 0 bridgehead atoms. The Hall–Kier alpha value is -0.210. The molecule has 0 rings (SSSR count). The average molecular weight is 327 g/mol. The van der Waals surface area contributed by atoms with Crippen molar-refractivity contribution < 1.29 is 22.6 Å². The normalized spacial score (nSPS) is 11.0. The van der Waals surface area contributed by atoms with Gasteiger partial charge in [0.2, 0.25) is 10.0 Å². The first-order chi connectivity index (χ1) is 9.97. The van der Waals surface area contributed by atoms with Crippen LogP contribution < -0.4 is 5.14 Å². The fourth-order valence-corrected chi connectivity index (χ4v) is 2.08. The molecule has 0 heterocycles. The van der Waals surface area contributed by atoms with Crippen molar-refractivity contribution in [2.75, 3.05) is 46.4 Å². The molecule has 0 saturated carbocycles. The van der Waals surface area contributed by atoms with Gasteiger partial charge in [0.15, 0.2) is 0 Å². The van der Waals surface area contributed by atoms with E-state index in [2.05, 4.69) is 6.92 Å². The summed E-state index contributed by atoms with van der Waals surface area (Å²) < 4.78 is 35.6. The van der Waals surface area contributed by atoms with Gasteiger partial charge in [0.25, 0.3) is 0 Å². The Balaban J connectivity index is 0. The number of nitrogens with two attached hydrogens (primary N) is 1. The van der Waals surface area contributed by atoms with E-state index in [0.29, 0.717) is 32.8 Å². The van der Waals surface area contributed by atoms with E-state index in [1.807, 2.05) is 0 Å². The quantitative estimate of drug-likeness (QED) is 0.522. The summed E-state index contributed by atoms with van der Waals surface area (Å²) in [6.45, 7) is 4.78. The highest BCUT2D eigenvalue weighted by Gasteiger charge is 2.00. The number of methoxy groups -OCH3 is 2. The molecule has 130 valence electrons. The lowest BCUT2D eigenvalue weighted by Crippen LogP contribution is -2.16. The number of unbranched alkanes of at least 4 members (excludes halogenated alkanes) is 5. The summed E-state index contributed by atoms with van der Waals surface area (Å²) in [7, 11) is 0.0881. The predicted molar refractivity (Wildman–Crippen MR) is 85.9 cm³/mol. The molecule has 21 heavy (non-hydrogen) atoms. The van der Waals surface area contributed by atoms with Crippen molar-refractivity contribution in [1.29, 1.82) is 0 Å². The lowest BCUT2D eigenvalue weighted by molar-refractivity contribution is 0.0385. The first-order valence-electron chi connectivity index (χ1n) is 7.54. The summed E-state index contributed by atoms with van der Waals surface area (Å²) in [6, 6.07) is 0. The SMILES string of the molecule is CCCCCCCCS(N)(=O)=O.COCCOCCOC. The number of ether oxygens (including phenoxy) is 3. The fourth-order valence-electron chi connectivity index (χ4n) is 1.47. The van der Waals surface area contributed by atoms with Crippen molar-refractivity contribution in [1.82, 2.24) is 0 Å². The van der Waals surface area contributed by atoms with Crippen LogP contribution in [-0.2, 0) is 24.2 Å². The Morgan fingerprint density at radius 3 is 1.71 bits per heavy atom. The van der Waals surface area contributed by atoms with Crippen LogP contribution >= 0.6 is 0 Å². The smallest absolute Gasteiger partial charge is 0.209 e. The van der Waals surface area contributed by atoms with E-state index < -0.39 is 10.0 Å². The molecule has 0 aliphatic rings. The highest BCUT2D eigenvalue weighted by Crippen LogP contribution is 2.05. The van der Waals surface area contributed by atoms with Crippen LogP contribution in [0.3, 0.4) is 0 Å². The standard InChI is InChI=1S/C8H19NO2S.C6H14O3/c1-2-3-4-5-6-7-8-12(9,10)11;1-7-3-5-9-6-4-8-2/h2-8H2,1H3,(H2,9,10,11);3-6H2,1-2H3. The van der Waals surface area contributed by atoms with Gasteiger partial charge in [-0.25, -0.2) is 13.6 Å². The molecular weight excluding hydrogens is 294 g/mol. The van der Waals surface area contributed by atoms with E-state index in [1.54, 1.807) is 14.2 Å². The van der Waals surface area contributed by atoms with Crippen LogP contribution in [-0.4, -0.2) is 54.8 Å². The highest BCUT2D eigenvalue weighted by molar-refractivity contribution is 7.89. The molecule has 0 amide bonds. The molecule has 0 aromatic rings. The molecule has 0 atom stereocenters. The molecule has 0 saturated heterocycles. The molecule has 7 heteroatoms. The second kappa shape index (κ2) is 17.8. The summed E-state index contributed by atoms with van der Waals surface area (Å²) in [5.41, 5.74) is 0. The second-order valence-electron chi connectivity index (χ2n) is 4.73. The molecule has 0 aromatic carbocycles. The van der Waals surface area contributed by atoms with E-state index in [0.717, 1.165) is 12.8 Å². The van der Waals surface area contributed by atoms with Crippen molar-refractivity contribution in [3.05, 3.63) is 0 Å². The molecule has 0 unspecified atom stereocenters. The largest absolute Gasteiger partial charge is 0.382 e.